The normalized spacial score (nSPS) is 14.5. The molecule has 7 nitrogen and oxygen atoms in total. The number of fused-ring (bicyclic) bond motifs is 2. The number of aromatic nitrogens is 1. The van der Waals surface area contributed by atoms with Crippen LogP contribution in [0.25, 0.3) is 21.1 Å². The number of carbonyl (C=O) groups excluding carboxylic acids is 1. The number of hydrogen-bond donors (Lipinski definition) is 1. The Balaban J connectivity index is 1.31. The molecule has 0 bridgehead atoms. The highest BCUT2D eigenvalue weighted by Gasteiger charge is 2.25. The summed E-state index contributed by atoms with van der Waals surface area (Å²) < 4.78 is 11.1. The molecule has 0 saturated carbocycles. The van der Waals surface area contributed by atoms with Crippen molar-refractivity contribution in [1.82, 2.24) is 9.27 Å². The highest BCUT2D eigenvalue weighted by molar-refractivity contribution is 7.13. The van der Waals surface area contributed by atoms with Gasteiger partial charge in [-0.2, -0.15) is 4.37 Å². The highest BCUT2D eigenvalue weighted by atomic mass is 32.1. The second-order valence-electron chi connectivity index (χ2n) is 7.72. The lowest BCUT2D eigenvalue weighted by Crippen LogP contribution is -2.49. The van der Waals surface area contributed by atoms with Crippen molar-refractivity contribution >= 4 is 44.3 Å². The molecule has 1 saturated heterocycles. The van der Waals surface area contributed by atoms with E-state index in [1.165, 1.54) is 17.6 Å². The molecule has 158 valence electrons. The van der Waals surface area contributed by atoms with Gasteiger partial charge in [-0.05, 0) is 48.3 Å². The van der Waals surface area contributed by atoms with Gasteiger partial charge in [-0.1, -0.05) is 12.1 Å². The summed E-state index contributed by atoms with van der Waals surface area (Å²) in [6.07, 6.45) is 0.00458. The molecule has 1 aliphatic heterocycles. The first-order valence-corrected chi connectivity index (χ1v) is 10.9. The standard InChI is InChI=1S/C23H21N3O4S/c1-14-16-7-6-15(27)12-19(16)30-23(29)18(14)13-21(28)25-8-10-26(11-9-25)22-17-4-2-3-5-20(17)31-24-22/h2-7,12,27H,8-11,13H2,1H3. The number of carbonyl (C=O) groups is 1. The number of nitrogens with zero attached hydrogens (tertiary/aromatic N) is 3. The zero-order valence-electron chi connectivity index (χ0n) is 17.0. The highest BCUT2D eigenvalue weighted by Crippen LogP contribution is 2.30. The number of rotatable bonds is 3. The molecule has 0 radical (unpaired) electrons. The topological polar surface area (TPSA) is 86.9 Å². The van der Waals surface area contributed by atoms with E-state index in [1.54, 1.807) is 17.0 Å². The maximum absolute atomic E-state index is 12.9. The van der Waals surface area contributed by atoms with Gasteiger partial charge in [-0.3, -0.25) is 4.79 Å². The quantitative estimate of drug-likeness (QED) is 0.497. The van der Waals surface area contributed by atoms with Crippen molar-refractivity contribution in [3.05, 3.63) is 64.0 Å². The van der Waals surface area contributed by atoms with Crippen LogP contribution >= 0.6 is 11.5 Å². The SMILES string of the molecule is Cc1c(CC(=O)N2CCN(c3nsc4ccccc34)CC2)c(=O)oc2cc(O)ccc12. The van der Waals surface area contributed by atoms with Crippen LogP contribution in [-0.4, -0.2) is 46.5 Å². The molecule has 8 heteroatoms. The number of benzene rings is 2. The Hall–Kier alpha value is -3.39. The number of anilines is 1. The van der Waals surface area contributed by atoms with Crippen LogP contribution in [0.1, 0.15) is 11.1 Å². The Morgan fingerprint density at radius 1 is 1.13 bits per heavy atom. The van der Waals surface area contributed by atoms with Crippen LogP contribution in [0.5, 0.6) is 5.75 Å². The number of piperazine rings is 1. The maximum Gasteiger partial charge on any atom is 0.340 e. The van der Waals surface area contributed by atoms with E-state index < -0.39 is 5.63 Å². The van der Waals surface area contributed by atoms with Crippen LogP contribution in [0.4, 0.5) is 5.82 Å². The van der Waals surface area contributed by atoms with Crippen molar-refractivity contribution in [2.45, 2.75) is 13.3 Å². The molecule has 3 heterocycles. The van der Waals surface area contributed by atoms with Gasteiger partial charge in [0, 0.05) is 43.0 Å². The van der Waals surface area contributed by atoms with Crippen LogP contribution in [0.3, 0.4) is 0 Å². The van der Waals surface area contributed by atoms with Crippen molar-refractivity contribution in [2.24, 2.45) is 0 Å². The summed E-state index contributed by atoms with van der Waals surface area (Å²) in [5.74, 6) is 0.919. The second kappa shape index (κ2) is 7.70. The third-order valence-electron chi connectivity index (χ3n) is 5.89. The molecule has 1 fully saturated rings. The number of amides is 1. The predicted molar refractivity (Wildman–Crippen MR) is 121 cm³/mol. The van der Waals surface area contributed by atoms with Gasteiger partial charge >= 0.3 is 5.63 Å². The number of aryl methyl sites for hydroxylation is 1. The van der Waals surface area contributed by atoms with E-state index in [0.717, 1.165) is 21.3 Å². The van der Waals surface area contributed by atoms with E-state index in [9.17, 15) is 14.7 Å². The molecule has 0 atom stereocenters. The molecule has 0 unspecified atom stereocenters. The van der Waals surface area contributed by atoms with Crippen molar-refractivity contribution in [1.29, 1.82) is 0 Å². The molecule has 1 amide bonds. The molecule has 4 aromatic rings. The lowest BCUT2D eigenvalue weighted by Gasteiger charge is -2.35. The first-order valence-electron chi connectivity index (χ1n) is 10.1. The number of phenolic OH excluding ortho intramolecular Hbond substituents is 1. The third-order valence-corrected chi connectivity index (χ3v) is 6.71. The van der Waals surface area contributed by atoms with Crippen molar-refractivity contribution in [2.75, 3.05) is 31.1 Å². The summed E-state index contributed by atoms with van der Waals surface area (Å²) in [6.45, 7) is 4.37. The first kappa shape index (κ1) is 19.6. The minimum Gasteiger partial charge on any atom is -0.508 e. The summed E-state index contributed by atoms with van der Waals surface area (Å²) >= 11 is 1.49. The first-order chi connectivity index (χ1) is 15.0. The zero-order valence-corrected chi connectivity index (χ0v) is 17.8. The van der Waals surface area contributed by atoms with Gasteiger partial charge in [-0.25, -0.2) is 4.79 Å². The van der Waals surface area contributed by atoms with E-state index in [-0.39, 0.29) is 18.1 Å². The number of phenols is 1. The molecule has 1 aliphatic rings. The van der Waals surface area contributed by atoms with Crippen LogP contribution < -0.4 is 10.5 Å². The van der Waals surface area contributed by atoms with Crippen LogP contribution in [0.2, 0.25) is 0 Å². The Kier molecular flexibility index (Phi) is 4.86. The lowest BCUT2D eigenvalue weighted by atomic mass is 10.0. The lowest BCUT2D eigenvalue weighted by molar-refractivity contribution is -0.130. The van der Waals surface area contributed by atoms with Gasteiger partial charge in [0.25, 0.3) is 0 Å². The van der Waals surface area contributed by atoms with Gasteiger partial charge in [0.1, 0.15) is 17.2 Å². The summed E-state index contributed by atoms with van der Waals surface area (Å²) in [6, 6.07) is 12.8. The fourth-order valence-corrected chi connectivity index (χ4v) is 4.91. The summed E-state index contributed by atoms with van der Waals surface area (Å²) in [5.41, 5.74) is 0.877. The van der Waals surface area contributed by atoms with E-state index in [2.05, 4.69) is 21.4 Å². The monoisotopic (exact) mass is 435 g/mol. The van der Waals surface area contributed by atoms with Crippen molar-refractivity contribution in [3.8, 4) is 5.75 Å². The molecule has 31 heavy (non-hydrogen) atoms. The molecule has 0 aliphatic carbocycles. The van der Waals surface area contributed by atoms with Crippen LogP contribution in [-0.2, 0) is 11.2 Å². The van der Waals surface area contributed by atoms with E-state index in [0.29, 0.717) is 42.9 Å². The maximum atomic E-state index is 12.9. The molecule has 2 aromatic carbocycles. The Morgan fingerprint density at radius 3 is 2.71 bits per heavy atom. The van der Waals surface area contributed by atoms with Gasteiger partial charge in [-0.15, -0.1) is 0 Å². The fraction of sp³-hybridized carbons (Fsp3) is 0.261. The van der Waals surface area contributed by atoms with Crippen molar-refractivity contribution in [3.63, 3.8) is 0 Å². The van der Waals surface area contributed by atoms with E-state index in [1.807, 2.05) is 19.1 Å². The fourth-order valence-electron chi connectivity index (χ4n) is 4.12. The summed E-state index contributed by atoms with van der Waals surface area (Å²) in [5, 5.41) is 11.5. The molecular weight excluding hydrogens is 414 g/mol. The number of aromatic hydroxyl groups is 1. The zero-order chi connectivity index (χ0) is 21.5. The average Bonchev–Trinajstić information content (AvgIpc) is 3.20. The van der Waals surface area contributed by atoms with Gasteiger partial charge < -0.3 is 19.3 Å². The largest absolute Gasteiger partial charge is 0.508 e. The Morgan fingerprint density at radius 2 is 1.90 bits per heavy atom. The van der Waals surface area contributed by atoms with Crippen molar-refractivity contribution < 1.29 is 14.3 Å². The van der Waals surface area contributed by atoms with E-state index >= 15 is 0 Å². The predicted octanol–water partition coefficient (Wildman–Crippen LogP) is 3.31. The molecular formula is C23H21N3O4S. The minimum absolute atomic E-state index is 0.00458. The molecule has 5 rings (SSSR count). The summed E-state index contributed by atoms with van der Waals surface area (Å²) in [7, 11) is 0. The smallest absolute Gasteiger partial charge is 0.340 e. The van der Waals surface area contributed by atoms with Gasteiger partial charge in [0.2, 0.25) is 5.91 Å². The molecule has 2 aromatic heterocycles. The Labute approximate surface area is 182 Å². The molecule has 1 N–H and O–H groups in total. The number of hydrogen-bond acceptors (Lipinski definition) is 7. The van der Waals surface area contributed by atoms with Gasteiger partial charge in [0.05, 0.1) is 16.7 Å². The third kappa shape index (κ3) is 3.53. The van der Waals surface area contributed by atoms with Crippen LogP contribution in [0.15, 0.2) is 51.7 Å². The average molecular weight is 436 g/mol. The van der Waals surface area contributed by atoms with Gasteiger partial charge in [0.15, 0.2) is 0 Å². The second-order valence-corrected chi connectivity index (χ2v) is 8.53. The Bertz CT molecular complexity index is 1350. The summed E-state index contributed by atoms with van der Waals surface area (Å²) in [4.78, 5) is 29.4. The van der Waals surface area contributed by atoms with Crippen LogP contribution in [0, 0.1) is 6.92 Å². The van der Waals surface area contributed by atoms with E-state index in [4.69, 9.17) is 4.42 Å². The molecule has 0 spiro atoms. The minimum atomic E-state index is -0.531.